The first-order valence-corrected chi connectivity index (χ1v) is 7.81. The summed E-state index contributed by atoms with van der Waals surface area (Å²) < 4.78 is 13.4. The maximum atomic E-state index is 13.4. The van der Waals surface area contributed by atoms with E-state index in [1.165, 1.54) is 31.7 Å². The van der Waals surface area contributed by atoms with Gasteiger partial charge in [-0.2, -0.15) is 0 Å². The quantitative estimate of drug-likeness (QED) is 0.911. The Labute approximate surface area is 124 Å². The van der Waals surface area contributed by atoms with Crippen LogP contribution in [0.15, 0.2) is 12.3 Å². The molecule has 1 saturated carbocycles. The Bertz CT molecular complexity index is 534. The molecule has 0 bridgehead atoms. The SMILES string of the molecule is CNc1ncc(F)cc1C(=O)N1CCC2CCCCC2C1. The Morgan fingerprint density at radius 2 is 2.10 bits per heavy atom. The molecule has 0 radical (unpaired) electrons. The van der Waals surface area contributed by atoms with Crippen LogP contribution in [0.5, 0.6) is 0 Å². The molecule has 21 heavy (non-hydrogen) atoms. The van der Waals surface area contributed by atoms with E-state index in [0.29, 0.717) is 17.3 Å². The smallest absolute Gasteiger partial charge is 0.257 e. The van der Waals surface area contributed by atoms with Crippen LogP contribution in [0.25, 0.3) is 0 Å². The molecule has 2 fully saturated rings. The van der Waals surface area contributed by atoms with E-state index in [-0.39, 0.29) is 5.91 Å². The molecule has 1 saturated heterocycles. The van der Waals surface area contributed by atoms with Crippen molar-refractivity contribution in [2.24, 2.45) is 11.8 Å². The highest BCUT2D eigenvalue weighted by Gasteiger charge is 2.33. The first-order chi connectivity index (χ1) is 10.2. The fraction of sp³-hybridized carbons (Fsp3) is 0.625. The number of aromatic nitrogens is 1. The average Bonchev–Trinajstić information content (AvgIpc) is 2.53. The van der Waals surface area contributed by atoms with Crippen molar-refractivity contribution in [3.8, 4) is 0 Å². The number of fused-ring (bicyclic) bond motifs is 1. The normalized spacial score (nSPS) is 25.3. The molecule has 4 nitrogen and oxygen atoms in total. The molecule has 2 atom stereocenters. The zero-order chi connectivity index (χ0) is 14.8. The minimum atomic E-state index is -0.468. The van der Waals surface area contributed by atoms with E-state index in [1.54, 1.807) is 7.05 Å². The lowest BCUT2D eigenvalue weighted by Crippen LogP contribution is -2.45. The van der Waals surface area contributed by atoms with Crippen LogP contribution in [0, 0.1) is 17.7 Å². The maximum absolute atomic E-state index is 13.4. The van der Waals surface area contributed by atoms with Crippen molar-refractivity contribution >= 4 is 11.7 Å². The van der Waals surface area contributed by atoms with Crippen LogP contribution in [0.1, 0.15) is 42.5 Å². The van der Waals surface area contributed by atoms with Gasteiger partial charge in [-0.25, -0.2) is 9.37 Å². The first kappa shape index (κ1) is 14.3. The van der Waals surface area contributed by atoms with Crippen molar-refractivity contribution in [3.63, 3.8) is 0 Å². The lowest BCUT2D eigenvalue weighted by molar-refractivity contribution is 0.0521. The Balaban J connectivity index is 1.77. The van der Waals surface area contributed by atoms with E-state index in [9.17, 15) is 9.18 Å². The van der Waals surface area contributed by atoms with E-state index in [4.69, 9.17) is 0 Å². The predicted octanol–water partition coefficient (Wildman–Crippen LogP) is 2.91. The number of hydrogen-bond acceptors (Lipinski definition) is 3. The molecule has 1 aromatic rings. The van der Waals surface area contributed by atoms with Crippen molar-refractivity contribution in [1.29, 1.82) is 0 Å². The molecule has 0 spiro atoms. The van der Waals surface area contributed by atoms with Crippen LogP contribution in [-0.4, -0.2) is 35.9 Å². The molecular formula is C16H22FN3O. The van der Waals surface area contributed by atoms with Crippen molar-refractivity contribution in [2.45, 2.75) is 32.1 Å². The van der Waals surface area contributed by atoms with Gasteiger partial charge >= 0.3 is 0 Å². The zero-order valence-corrected chi connectivity index (χ0v) is 12.4. The largest absolute Gasteiger partial charge is 0.372 e. The fourth-order valence-electron chi connectivity index (χ4n) is 3.76. The van der Waals surface area contributed by atoms with Gasteiger partial charge in [-0.3, -0.25) is 4.79 Å². The van der Waals surface area contributed by atoms with E-state index >= 15 is 0 Å². The van der Waals surface area contributed by atoms with Crippen molar-refractivity contribution < 1.29 is 9.18 Å². The molecule has 0 aromatic carbocycles. The molecule has 1 amide bonds. The molecule has 2 aliphatic rings. The molecule has 114 valence electrons. The lowest BCUT2D eigenvalue weighted by Gasteiger charge is -2.41. The summed E-state index contributed by atoms with van der Waals surface area (Å²) in [5.41, 5.74) is 0.340. The number of piperidine rings is 1. The fourth-order valence-corrected chi connectivity index (χ4v) is 3.76. The molecule has 1 aromatic heterocycles. The molecule has 1 N–H and O–H groups in total. The predicted molar refractivity (Wildman–Crippen MR) is 79.7 cm³/mol. The number of nitrogens with zero attached hydrogens (tertiary/aromatic N) is 2. The van der Waals surface area contributed by atoms with Crippen LogP contribution in [0.3, 0.4) is 0 Å². The van der Waals surface area contributed by atoms with Crippen molar-refractivity contribution in [1.82, 2.24) is 9.88 Å². The molecule has 2 heterocycles. The molecule has 3 rings (SSSR count). The minimum absolute atomic E-state index is 0.102. The topological polar surface area (TPSA) is 45.2 Å². The molecule has 5 heteroatoms. The zero-order valence-electron chi connectivity index (χ0n) is 12.4. The number of amides is 1. The summed E-state index contributed by atoms with van der Waals surface area (Å²) in [5.74, 6) is 1.28. The summed E-state index contributed by atoms with van der Waals surface area (Å²) in [4.78, 5) is 18.5. The highest BCUT2D eigenvalue weighted by molar-refractivity contribution is 5.98. The van der Waals surface area contributed by atoms with Crippen LogP contribution in [-0.2, 0) is 0 Å². The van der Waals surface area contributed by atoms with E-state index < -0.39 is 5.82 Å². The van der Waals surface area contributed by atoms with Gasteiger partial charge in [0.2, 0.25) is 0 Å². The van der Waals surface area contributed by atoms with Crippen LogP contribution in [0.2, 0.25) is 0 Å². The number of carbonyl (C=O) groups excluding carboxylic acids is 1. The van der Waals surface area contributed by atoms with Gasteiger partial charge in [0.1, 0.15) is 11.6 Å². The van der Waals surface area contributed by atoms with Gasteiger partial charge in [0.15, 0.2) is 0 Å². The summed E-state index contributed by atoms with van der Waals surface area (Å²) in [7, 11) is 1.70. The van der Waals surface area contributed by atoms with E-state index in [2.05, 4.69) is 10.3 Å². The number of pyridine rings is 1. The van der Waals surface area contributed by atoms with Gasteiger partial charge in [-0.15, -0.1) is 0 Å². The van der Waals surface area contributed by atoms with Crippen LogP contribution >= 0.6 is 0 Å². The molecule has 1 aliphatic carbocycles. The monoisotopic (exact) mass is 291 g/mol. The third-order valence-electron chi connectivity index (χ3n) is 4.90. The third-order valence-corrected chi connectivity index (χ3v) is 4.90. The number of nitrogens with one attached hydrogen (secondary N) is 1. The second-order valence-electron chi connectivity index (χ2n) is 6.14. The number of likely N-dealkylation sites (tertiary alicyclic amines) is 1. The van der Waals surface area contributed by atoms with Crippen LogP contribution in [0.4, 0.5) is 10.2 Å². The lowest BCUT2D eigenvalue weighted by atomic mass is 9.75. The second-order valence-corrected chi connectivity index (χ2v) is 6.14. The Kier molecular flexibility index (Phi) is 4.08. The van der Waals surface area contributed by atoms with Gasteiger partial charge in [0, 0.05) is 20.1 Å². The van der Waals surface area contributed by atoms with E-state index in [0.717, 1.165) is 31.6 Å². The van der Waals surface area contributed by atoms with Gasteiger partial charge < -0.3 is 10.2 Å². The highest BCUT2D eigenvalue weighted by Crippen LogP contribution is 2.36. The summed E-state index contributed by atoms with van der Waals surface area (Å²) in [6.07, 6.45) is 7.33. The number of carbonyl (C=O) groups is 1. The summed E-state index contributed by atoms with van der Waals surface area (Å²) in [6.45, 7) is 1.59. The first-order valence-electron chi connectivity index (χ1n) is 7.81. The number of anilines is 1. The minimum Gasteiger partial charge on any atom is -0.372 e. The Morgan fingerprint density at radius 1 is 1.33 bits per heavy atom. The summed E-state index contributed by atoms with van der Waals surface area (Å²) in [5, 5.41) is 2.87. The Morgan fingerprint density at radius 3 is 2.86 bits per heavy atom. The summed E-state index contributed by atoms with van der Waals surface area (Å²) in [6, 6.07) is 1.29. The molecule has 2 unspecified atom stereocenters. The second kappa shape index (κ2) is 6.00. The van der Waals surface area contributed by atoms with Crippen molar-refractivity contribution in [3.05, 3.63) is 23.6 Å². The number of rotatable bonds is 2. The number of halogens is 1. The van der Waals surface area contributed by atoms with Gasteiger partial charge in [-0.1, -0.05) is 19.3 Å². The standard InChI is InChI=1S/C16H22FN3O/c1-18-15-14(8-13(17)9-19-15)16(21)20-7-6-11-4-2-3-5-12(11)10-20/h8-9,11-12H,2-7,10H2,1H3,(H,18,19). The molecular weight excluding hydrogens is 269 g/mol. The van der Waals surface area contributed by atoms with Gasteiger partial charge in [-0.05, 0) is 30.7 Å². The van der Waals surface area contributed by atoms with Crippen LogP contribution < -0.4 is 5.32 Å². The van der Waals surface area contributed by atoms with Crippen molar-refractivity contribution in [2.75, 3.05) is 25.5 Å². The van der Waals surface area contributed by atoms with E-state index in [1.807, 2.05) is 4.90 Å². The third kappa shape index (κ3) is 2.87. The summed E-state index contributed by atoms with van der Waals surface area (Å²) >= 11 is 0. The van der Waals surface area contributed by atoms with Gasteiger partial charge in [0.25, 0.3) is 5.91 Å². The number of hydrogen-bond donors (Lipinski definition) is 1. The highest BCUT2D eigenvalue weighted by atomic mass is 19.1. The van der Waals surface area contributed by atoms with Gasteiger partial charge in [0.05, 0.1) is 11.8 Å². The Hall–Kier alpha value is -1.65. The molecule has 1 aliphatic heterocycles. The maximum Gasteiger partial charge on any atom is 0.257 e. The average molecular weight is 291 g/mol.